The summed E-state index contributed by atoms with van der Waals surface area (Å²) in [6.45, 7) is 5.25. The van der Waals surface area contributed by atoms with Crippen LogP contribution in [0.4, 0.5) is 4.79 Å². The number of benzene rings is 1. The van der Waals surface area contributed by atoms with Crippen molar-refractivity contribution in [2.75, 3.05) is 7.05 Å². The van der Waals surface area contributed by atoms with Gasteiger partial charge in [-0.15, -0.1) is 0 Å². The third-order valence-electron chi connectivity index (χ3n) is 2.98. The summed E-state index contributed by atoms with van der Waals surface area (Å²) < 4.78 is 5.21. The third kappa shape index (κ3) is 5.85. The predicted molar refractivity (Wildman–Crippen MR) is 80.2 cm³/mol. The fourth-order valence-corrected chi connectivity index (χ4v) is 1.89. The zero-order valence-corrected chi connectivity index (χ0v) is 13.0. The summed E-state index contributed by atoms with van der Waals surface area (Å²) >= 11 is 0. The molecule has 1 atom stereocenters. The highest BCUT2D eigenvalue weighted by molar-refractivity contribution is 5.80. The van der Waals surface area contributed by atoms with E-state index in [4.69, 9.17) is 4.74 Å². The maximum Gasteiger partial charge on any atom is 0.410 e. The van der Waals surface area contributed by atoms with E-state index >= 15 is 0 Å². The van der Waals surface area contributed by atoms with E-state index < -0.39 is 23.7 Å². The molecule has 0 aromatic heterocycles. The van der Waals surface area contributed by atoms with Gasteiger partial charge in [0.25, 0.3) is 0 Å². The molecule has 5 heteroatoms. The lowest BCUT2D eigenvalue weighted by atomic mass is 10.0. The Morgan fingerprint density at radius 1 is 1.24 bits per heavy atom. The van der Waals surface area contributed by atoms with E-state index in [2.05, 4.69) is 0 Å². The molecule has 1 amide bonds. The molecular formula is C16H23NO4. The van der Waals surface area contributed by atoms with Gasteiger partial charge in [0.2, 0.25) is 0 Å². The van der Waals surface area contributed by atoms with Gasteiger partial charge in [-0.05, 0) is 39.2 Å². The topological polar surface area (TPSA) is 66.8 Å². The molecule has 0 radical (unpaired) electrons. The van der Waals surface area contributed by atoms with Crippen LogP contribution in [0.25, 0.3) is 0 Å². The second-order valence-corrected chi connectivity index (χ2v) is 5.97. The molecule has 0 aliphatic rings. The maximum absolute atomic E-state index is 12.0. The van der Waals surface area contributed by atoms with Crippen LogP contribution < -0.4 is 0 Å². The van der Waals surface area contributed by atoms with Crippen molar-refractivity contribution < 1.29 is 19.4 Å². The van der Waals surface area contributed by atoms with Gasteiger partial charge >= 0.3 is 12.1 Å². The molecular weight excluding hydrogens is 270 g/mol. The molecule has 1 rings (SSSR count). The molecule has 1 aromatic rings. The van der Waals surface area contributed by atoms with Crippen molar-refractivity contribution in [2.45, 2.75) is 45.3 Å². The number of hydrogen-bond acceptors (Lipinski definition) is 3. The van der Waals surface area contributed by atoms with Gasteiger partial charge in [-0.1, -0.05) is 30.3 Å². The van der Waals surface area contributed by atoms with Gasteiger partial charge in [0.1, 0.15) is 11.6 Å². The van der Waals surface area contributed by atoms with Crippen molar-refractivity contribution in [1.29, 1.82) is 0 Å². The fourth-order valence-electron chi connectivity index (χ4n) is 1.89. The molecule has 0 aliphatic carbocycles. The van der Waals surface area contributed by atoms with Crippen molar-refractivity contribution in [3.8, 4) is 0 Å². The lowest BCUT2D eigenvalue weighted by Gasteiger charge is -2.28. The lowest BCUT2D eigenvalue weighted by Crippen LogP contribution is -2.45. The Morgan fingerprint density at radius 3 is 2.29 bits per heavy atom. The largest absolute Gasteiger partial charge is 0.480 e. The summed E-state index contributed by atoms with van der Waals surface area (Å²) in [5.74, 6) is -1.03. The molecule has 0 bridgehead atoms. The second-order valence-electron chi connectivity index (χ2n) is 5.97. The summed E-state index contributed by atoms with van der Waals surface area (Å²) in [4.78, 5) is 24.5. The number of amides is 1. The summed E-state index contributed by atoms with van der Waals surface area (Å²) in [5, 5.41) is 9.32. The Morgan fingerprint density at radius 2 is 1.81 bits per heavy atom. The molecule has 5 nitrogen and oxygen atoms in total. The number of carbonyl (C=O) groups is 2. The monoisotopic (exact) mass is 293 g/mol. The van der Waals surface area contributed by atoms with Crippen LogP contribution in [0.15, 0.2) is 30.3 Å². The van der Waals surface area contributed by atoms with Crippen molar-refractivity contribution >= 4 is 12.1 Å². The van der Waals surface area contributed by atoms with Gasteiger partial charge in [-0.25, -0.2) is 9.59 Å². The summed E-state index contributed by atoms with van der Waals surface area (Å²) in [6.07, 6.45) is 0.308. The Bertz CT molecular complexity index is 479. The maximum atomic E-state index is 12.0. The fraction of sp³-hybridized carbons (Fsp3) is 0.500. The van der Waals surface area contributed by atoms with Crippen molar-refractivity contribution in [2.24, 2.45) is 0 Å². The second kappa shape index (κ2) is 7.11. The van der Waals surface area contributed by atoms with Crippen molar-refractivity contribution in [1.82, 2.24) is 4.90 Å². The van der Waals surface area contributed by atoms with E-state index in [0.29, 0.717) is 12.8 Å². The first-order chi connectivity index (χ1) is 9.70. The van der Waals surface area contributed by atoms with Gasteiger partial charge in [-0.2, -0.15) is 0 Å². The summed E-state index contributed by atoms with van der Waals surface area (Å²) in [5.41, 5.74) is 0.398. The van der Waals surface area contributed by atoms with Crippen LogP contribution >= 0.6 is 0 Å². The standard InChI is InChI=1S/C16H23NO4/c1-16(2,3)21-15(20)17(4)13(14(18)19)11-10-12-8-6-5-7-9-12/h5-9,13H,10-11H2,1-4H3,(H,18,19)/t13-/m0/s1. The number of ether oxygens (including phenoxy) is 1. The number of carboxylic acid groups (broad SMARTS) is 1. The minimum Gasteiger partial charge on any atom is -0.480 e. The van der Waals surface area contributed by atoms with Crippen molar-refractivity contribution in [3.05, 3.63) is 35.9 Å². The number of nitrogens with zero attached hydrogens (tertiary/aromatic N) is 1. The van der Waals surface area contributed by atoms with Gasteiger partial charge in [0, 0.05) is 7.05 Å². The summed E-state index contributed by atoms with van der Waals surface area (Å²) in [7, 11) is 1.46. The molecule has 0 heterocycles. The zero-order valence-electron chi connectivity index (χ0n) is 13.0. The molecule has 116 valence electrons. The first-order valence-electron chi connectivity index (χ1n) is 6.93. The first kappa shape index (κ1) is 17.0. The highest BCUT2D eigenvalue weighted by atomic mass is 16.6. The SMILES string of the molecule is CN(C(=O)OC(C)(C)C)[C@@H](CCc1ccccc1)C(=O)O. The van der Waals surface area contributed by atoms with E-state index in [-0.39, 0.29) is 0 Å². The van der Waals surface area contributed by atoms with E-state index in [9.17, 15) is 14.7 Å². The zero-order chi connectivity index (χ0) is 16.0. The molecule has 0 saturated carbocycles. The predicted octanol–water partition coefficient (Wildman–Crippen LogP) is 2.94. The normalized spacial score (nSPS) is 12.6. The minimum atomic E-state index is -1.03. The number of carboxylic acids is 1. The highest BCUT2D eigenvalue weighted by Crippen LogP contribution is 2.14. The van der Waals surface area contributed by atoms with Crippen molar-refractivity contribution in [3.63, 3.8) is 0 Å². The quantitative estimate of drug-likeness (QED) is 0.906. The van der Waals surface area contributed by atoms with Gasteiger partial charge in [0.15, 0.2) is 0 Å². The van der Waals surface area contributed by atoms with Gasteiger partial charge < -0.3 is 9.84 Å². The third-order valence-corrected chi connectivity index (χ3v) is 2.98. The van der Waals surface area contributed by atoms with Crippen LogP contribution in [-0.4, -0.2) is 40.8 Å². The molecule has 0 aliphatic heterocycles. The van der Waals surface area contributed by atoms with Crippen LogP contribution in [0, 0.1) is 0 Å². The molecule has 0 unspecified atom stereocenters. The molecule has 1 N–H and O–H groups in total. The summed E-state index contributed by atoms with van der Waals surface area (Å²) in [6, 6.07) is 8.69. The number of carbonyl (C=O) groups excluding carboxylic acids is 1. The Labute approximate surface area is 125 Å². The highest BCUT2D eigenvalue weighted by Gasteiger charge is 2.29. The lowest BCUT2D eigenvalue weighted by molar-refractivity contribution is -0.142. The number of likely N-dealkylation sites (N-methyl/N-ethyl adjacent to an activating group) is 1. The molecule has 0 fully saturated rings. The Balaban J connectivity index is 2.68. The van der Waals surface area contributed by atoms with Crippen LogP contribution in [-0.2, 0) is 16.0 Å². The molecule has 0 saturated heterocycles. The Hall–Kier alpha value is -2.04. The number of aryl methyl sites for hydroxylation is 1. The van der Waals surface area contributed by atoms with Crippen LogP contribution in [0.3, 0.4) is 0 Å². The smallest absolute Gasteiger partial charge is 0.410 e. The minimum absolute atomic E-state index is 0.342. The van der Waals surface area contributed by atoms with E-state index in [1.165, 1.54) is 7.05 Å². The van der Waals surface area contributed by atoms with Crippen LogP contribution in [0.5, 0.6) is 0 Å². The Kier molecular flexibility index (Phi) is 5.76. The van der Waals surface area contributed by atoms with E-state index in [0.717, 1.165) is 10.5 Å². The number of rotatable bonds is 5. The molecule has 0 spiro atoms. The molecule has 1 aromatic carbocycles. The first-order valence-corrected chi connectivity index (χ1v) is 6.93. The van der Waals surface area contributed by atoms with Crippen LogP contribution in [0.2, 0.25) is 0 Å². The van der Waals surface area contributed by atoms with Crippen LogP contribution in [0.1, 0.15) is 32.8 Å². The van der Waals surface area contributed by atoms with Gasteiger partial charge in [-0.3, -0.25) is 4.90 Å². The van der Waals surface area contributed by atoms with Gasteiger partial charge in [0.05, 0.1) is 0 Å². The van der Waals surface area contributed by atoms with E-state index in [1.807, 2.05) is 30.3 Å². The van der Waals surface area contributed by atoms with E-state index in [1.54, 1.807) is 20.8 Å². The molecule has 21 heavy (non-hydrogen) atoms. The number of aliphatic carboxylic acids is 1. The average Bonchev–Trinajstić information content (AvgIpc) is 2.37. The average molecular weight is 293 g/mol. The number of hydrogen-bond donors (Lipinski definition) is 1.